The molecule has 0 atom stereocenters. The summed E-state index contributed by atoms with van der Waals surface area (Å²) in [6.45, 7) is 4.50. The van der Waals surface area contributed by atoms with E-state index in [2.05, 4.69) is 5.32 Å². The summed E-state index contributed by atoms with van der Waals surface area (Å²) in [6.07, 6.45) is 2.01. The van der Waals surface area contributed by atoms with E-state index in [1.165, 1.54) is 0 Å². The van der Waals surface area contributed by atoms with Crippen LogP contribution < -0.4 is 10.1 Å². The van der Waals surface area contributed by atoms with E-state index in [0.717, 1.165) is 21.9 Å². The lowest BCUT2D eigenvalue weighted by Crippen LogP contribution is -2.12. The Bertz CT molecular complexity index is 640. The monoisotopic (exact) mass is 301 g/mol. The van der Waals surface area contributed by atoms with Gasteiger partial charge in [-0.25, -0.2) is 0 Å². The number of ether oxygens (including phenoxy) is 1. The van der Waals surface area contributed by atoms with Crippen LogP contribution in [0.3, 0.4) is 0 Å². The SMILES string of the molecule is CCOc1ccc(C(=O)Nc2cccc(SC)c2)cc1C. The molecule has 2 aromatic carbocycles. The molecule has 0 spiro atoms. The zero-order valence-electron chi connectivity index (χ0n) is 12.5. The molecule has 1 N–H and O–H groups in total. The minimum Gasteiger partial charge on any atom is -0.494 e. The van der Waals surface area contributed by atoms with Crippen molar-refractivity contribution in [3.05, 3.63) is 53.6 Å². The van der Waals surface area contributed by atoms with Gasteiger partial charge in [0.05, 0.1) is 6.61 Å². The fraction of sp³-hybridized carbons (Fsp3) is 0.235. The number of benzene rings is 2. The van der Waals surface area contributed by atoms with Gasteiger partial charge in [-0.1, -0.05) is 6.07 Å². The van der Waals surface area contributed by atoms with E-state index in [9.17, 15) is 4.79 Å². The standard InChI is InChI=1S/C17H19NO2S/c1-4-20-16-9-8-13(10-12(16)2)17(19)18-14-6-5-7-15(11-14)21-3/h5-11H,4H2,1-3H3,(H,18,19). The summed E-state index contributed by atoms with van der Waals surface area (Å²) in [6, 6.07) is 13.3. The Balaban J connectivity index is 2.14. The van der Waals surface area contributed by atoms with Crippen LogP contribution in [-0.4, -0.2) is 18.8 Å². The van der Waals surface area contributed by atoms with Gasteiger partial charge in [-0.15, -0.1) is 11.8 Å². The van der Waals surface area contributed by atoms with Gasteiger partial charge in [-0.2, -0.15) is 0 Å². The first-order valence-corrected chi connectivity index (χ1v) is 8.05. The van der Waals surface area contributed by atoms with Gasteiger partial charge >= 0.3 is 0 Å². The van der Waals surface area contributed by atoms with Crippen molar-refractivity contribution in [2.75, 3.05) is 18.2 Å². The molecule has 0 unspecified atom stereocenters. The third kappa shape index (κ3) is 4.02. The van der Waals surface area contributed by atoms with E-state index >= 15 is 0 Å². The third-order valence-corrected chi connectivity index (χ3v) is 3.79. The largest absolute Gasteiger partial charge is 0.494 e. The van der Waals surface area contributed by atoms with Crippen LogP contribution in [0.2, 0.25) is 0 Å². The Hall–Kier alpha value is -1.94. The maximum atomic E-state index is 12.3. The van der Waals surface area contributed by atoms with Crippen LogP contribution in [0.1, 0.15) is 22.8 Å². The van der Waals surface area contributed by atoms with Gasteiger partial charge < -0.3 is 10.1 Å². The van der Waals surface area contributed by atoms with Crippen LogP contribution in [0.25, 0.3) is 0 Å². The molecule has 2 rings (SSSR count). The molecule has 0 saturated carbocycles. The van der Waals surface area contributed by atoms with Crippen LogP contribution in [-0.2, 0) is 0 Å². The van der Waals surface area contributed by atoms with Gasteiger partial charge in [-0.3, -0.25) is 4.79 Å². The topological polar surface area (TPSA) is 38.3 Å². The Labute approximate surface area is 129 Å². The number of anilines is 1. The number of hydrogen-bond acceptors (Lipinski definition) is 3. The molecule has 1 amide bonds. The zero-order chi connectivity index (χ0) is 15.2. The van der Waals surface area contributed by atoms with E-state index in [4.69, 9.17) is 4.74 Å². The van der Waals surface area contributed by atoms with Gasteiger partial charge in [0.15, 0.2) is 0 Å². The molecule has 0 aliphatic heterocycles. The Morgan fingerprint density at radius 2 is 2.05 bits per heavy atom. The molecule has 110 valence electrons. The highest BCUT2D eigenvalue weighted by Gasteiger charge is 2.09. The fourth-order valence-electron chi connectivity index (χ4n) is 2.01. The Kier molecular flexibility index (Phi) is 5.28. The van der Waals surface area contributed by atoms with Crippen molar-refractivity contribution in [3.63, 3.8) is 0 Å². The first-order valence-electron chi connectivity index (χ1n) is 6.83. The van der Waals surface area contributed by atoms with Gasteiger partial charge in [-0.05, 0) is 62.1 Å². The molecule has 0 radical (unpaired) electrons. The van der Waals surface area contributed by atoms with Crippen molar-refractivity contribution < 1.29 is 9.53 Å². The van der Waals surface area contributed by atoms with Crippen molar-refractivity contribution in [2.45, 2.75) is 18.7 Å². The number of rotatable bonds is 5. The summed E-state index contributed by atoms with van der Waals surface area (Å²) in [5.74, 6) is 0.706. The zero-order valence-corrected chi connectivity index (χ0v) is 13.3. The quantitative estimate of drug-likeness (QED) is 0.833. The lowest BCUT2D eigenvalue weighted by Gasteiger charge is -2.10. The molecule has 2 aromatic rings. The minimum atomic E-state index is -0.112. The lowest BCUT2D eigenvalue weighted by atomic mass is 10.1. The molecule has 0 saturated heterocycles. The first kappa shape index (κ1) is 15.4. The molecule has 0 bridgehead atoms. The van der Waals surface area contributed by atoms with Crippen molar-refractivity contribution >= 4 is 23.4 Å². The minimum absolute atomic E-state index is 0.112. The molecule has 21 heavy (non-hydrogen) atoms. The van der Waals surface area contributed by atoms with Crippen LogP contribution >= 0.6 is 11.8 Å². The highest BCUT2D eigenvalue weighted by molar-refractivity contribution is 7.98. The van der Waals surface area contributed by atoms with E-state index in [0.29, 0.717) is 12.2 Å². The molecule has 4 heteroatoms. The van der Waals surface area contributed by atoms with E-state index in [1.54, 1.807) is 17.8 Å². The lowest BCUT2D eigenvalue weighted by molar-refractivity contribution is 0.102. The number of carbonyl (C=O) groups excluding carboxylic acids is 1. The number of hydrogen-bond donors (Lipinski definition) is 1. The fourth-order valence-corrected chi connectivity index (χ4v) is 2.47. The maximum absolute atomic E-state index is 12.3. The number of amides is 1. The van der Waals surface area contributed by atoms with E-state index in [-0.39, 0.29) is 5.91 Å². The van der Waals surface area contributed by atoms with Crippen molar-refractivity contribution in [1.82, 2.24) is 0 Å². The Morgan fingerprint density at radius 1 is 1.24 bits per heavy atom. The van der Waals surface area contributed by atoms with Crippen molar-refractivity contribution in [3.8, 4) is 5.75 Å². The normalized spacial score (nSPS) is 10.2. The van der Waals surface area contributed by atoms with E-state index < -0.39 is 0 Å². The second kappa shape index (κ2) is 7.18. The van der Waals surface area contributed by atoms with Gasteiger partial charge in [0.25, 0.3) is 5.91 Å². The van der Waals surface area contributed by atoms with E-state index in [1.807, 2.05) is 56.5 Å². The summed E-state index contributed by atoms with van der Waals surface area (Å²) in [7, 11) is 0. The second-order valence-electron chi connectivity index (χ2n) is 4.60. The number of thioether (sulfide) groups is 1. The summed E-state index contributed by atoms with van der Waals surface area (Å²) in [5, 5.41) is 2.92. The molecule has 0 aromatic heterocycles. The summed E-state index contributed by atoms with van der Waals surface area (Å²) in [4.78, 5) is 13.4. The highest BCUT2D eigenvalue weighted by Crippen LogP contribution is 2.22. The Morgan fingerprint density at radius 3 is 2.71 bits per heavy atom. The average molecular weight is 301 g/mol. The van der Waals surface area contributed by atoms with Crippen LogP contribution in [0.4, 0.5) is 5.69 Å². The maximum Gasteiger partial charge on any atom is 0.255 e. The number of aryl methyl sites for hydroxylation is 1. The summed E-state index contributed by atoms with van der Waals surface area (Å²) >= 11 is 1.65. The van der Waals surface area contributed by atoms with Gasteiger partial charge in [0.2, 0.25) is 0 Å². The summed E-state index contributed by atoms with van der Waals surface area (Å²) < 4.78 is 5.49. The highest BCUT2D eigenvalue weighted by atomic mass is 32.2. The predicted octanol–water partition coefficient (Wildman–Crippen LogP) is 4.37. The molecular formula is C17H19NO2S. The smallest absolute Gasteiger partial charge is 0.255 e. The third-order valence-electron chi connectivity index (χ3n) is 3.06. The molecule has 0 aliphatic carbocycles. The molecule has 3 nitrogen and oxygen atoms in total. The summed E-state index contributed by atoms with van der Waals surface area (Å²) in [5.41, 5.74) is 2.39. The van der Waals surface area contributed by atoms with Crippen molar-refractivity contribution in [1.29, 1.82) is 0 Å². The number of nitrogens with one attached hydrogen (secondary N) is 1. The molecule has 0 aliphatic rings. The van der Waals surface area contributed by atoms with Crippen molar-refractivity contribution in [2.24, 2.45) is 0 Å². The first-order chi connectivity index (χ1) is 10.1. The second-order valence-corrected chi connectivity index (χ2v) is 5.48. The molecule has 0 heterocycles. The van der Waals surface area contributed by atoms with Crippen LogP contribution in [0.5, 0.6) is 5.75 Å². The van der Waals surface area contributed by atoms with Gasteiger partial charge in [0.1, 0.15) is 5.75 Å². The molecule has 0 fully saturated rings. The molecular weight excluding hydrogens is 282 g/mol. The number of carbonyl (C=O) groups is 1. The predicted molar refractivity (Wildman–Crippen MR) is 88.5 cm³/mol. The van der Waals surface area contributed by atoms with Gasteiger partial charge in [0, 0.05) is 16.1 Å². The average Bonchev–Trinajstić information content (AvgIpc) is 2.49. The van der Waals surface area contributed by atoms with Crippen LogP contribution in [0, 0.1) is 6.92 Å². The van der Waals surface area contributed by atoms with Crippen LogP contribution in [0.15, 0.2) is 47.4 Å².